The van der Waals surface area contributed by atoms with E-state index in [1.807, 2.05) is 23.6 Å². The highest BCUT2D eigenvalue weighted by molar-refractivity contribution is 7.14. The van der Waals surface area contributed by atoms with Crippen LogP contribution in [0.2, 0.25) is 0 Å². The van der Waals surface area contributed by atoms with Crippen LogP contribution in [-0.4, -0.2) is 65.9 Å². The number of piperazine rings is 1. The van der Waals surface area contributed by atoms with Crippen molar-refractivity contribution in [1.29, 1.82) is 0 Å². The summed E-state index contributed by atoms with van der Waals surface area (Å²) in [5.41, 5.74) is 2.61. The predicted octanol–water partition coefficient (Wildman–Crippen LogP) is 3.26. The number of thiazole rings is 1. The van der Waals surface area contributed by atoms with E-state index in [9.17, 15) is 9.59 Å². The van der Waals surface area contributed by atoms with Crippen molar-refractivity contribution in [3.63, 3.8) is 0 Å². The minimum absolute atomic E-state index is 0.0427. The number of amides is 2. The van der Waals surface area contributed by atoms with Crippen molar-refractivity contribution in [1.82, 2.24) is 20.1 Å². The van der Waals surface area contributed by atoms with Crippen molar-refractivity contribution in [3.05, 3.63) is 82.9 Å². The number of hydrogen-bond donors (Lipinski definition) is 2. The smallest absolute Gasteiger partial charge is 0.257 e. The van der Waals surface area contributed by atoms with E-state index in [4.69, 9.17) is 0 Å². The van der Waals surface area contributed by atoms with Gasteiger partial charge in [-0.3, -0.25) is 19.8 Å². The third-order valence-electron chi connectivity index (χ3n) is 5.84. The number of rotatable bonds is 10. The van der Waals surface area contributed by atoms with E-state index in [-0.39, 0.29) is 18.2 Å². The molecule has 0 bridgehead atoms. The van der Waals surface area contributed by atoms with Crippen molar-refractivity contribution < 1.29 is 9.59 Å². The first-order chi connectivity index (χ1) is 16.7. The van der Waals surface area contributed by atoms with Crippen molar-refractivity contribution in [2.75, 3.05) is 44.6 Å². The van der Waals surface area contributed by atoms with Crippen LogP contribution < -0.4 is 10.6 Å². The lowest BCUT2D eigenvalue weighted by molar-refractivity contribution is -0.120. The van der Waals surface area contributed by atoms with Crippen LogP contribution >= 0.6 is 11.3 Å². The molecule has 0 radical (unpaired) electrons. The maximum Gasteiger partial charge on any atom is 0.257 e. The lowest BCUT2D eigenvalue weighted by atomic mass is 10.2. The van der Waals surface area contributed by atoms with E-state index in [0.29, 0.717) is 22.9 Å². The van der Waals surface area contributed by atoms with Crippen LogP contribution in [0.1, 0.15) is 28.0 Å². The van der Waals surface area contributed by atoms with Crippen LogP contribution in [0.5, 0.6) is 0 Å². The monoisotopic (exact) mass is 477 g/mol. The highest BCUT2D eigenvalue weighted by Gasteiger charge is 2.16. The van der Waals surface area contributed by atoms with Crippen molar-refractivity contribution in [2.24, 2.45) is 0 Å². The average molecular weight is 478 g/mol. The summed E-state index contributed by atoms with van der Waals surface area (Å²) in [4.78, 5) is 33.8. The Hall–Kier alpha value is -3.07. The number of carbonyl (C=O) groups excluding carboxylic acids is 2. The van der Waals surface area contributed by atoms with Crippen LogP contribution in [0.15, 0.2) is 66.0 Å². The Morgan fingerprint density at radius 1 is 0.912 bits per heavy atom. The highest BCUT2D eigenvalue weighted by Crippen LogP contribution is 2.17. The number of benzene rings is 2. The van der Waals surface area contributed by atoms with E-state index in [1.165, 1.54) is 16.9 Å². The van der Waals surface area contributed by atoms with Gasteiger partial charge in [0.1, 0.15) is 0 Å². The summed E-state index contributed by atoms with van der Waals surface area (Å²) in [5, 5.41) is 8.09. The van der Waals surface area contributed by atoms with Gasteiger partial charge in [0.2, 0.25) is 5.91 Å². The summed E-state index contributed by atoms with van der Waals surface area (Å²) < 4.78 is 0. The molecule has 1 aliphatic heterocycles. The Kier molecular flexibility index (Phi) is 8.78. The first-order valence-corrected chi connectivity index (χ1v) is 12.6. The van der Waals surface area contributed by atoms with Crippen LogP contribution in [0.4, 0.5) is 5.13 Å². The second kappa shape index (κ2) is 12.4. The Bertz CT molecular complexity index is 1050. The van der Waals surface area contributed by atoms with E-state index in [2.05, 4.69) is 55.7 Å². The van der Waals surface area contributed by atoms with Gasteiger partial charge in [-0.05, 0) is 30.7 Å². The number of carbonyl (C=O) groups is 2. The number of nitrogens with one attached hydrogen (secondary N) is 2. The lowest BCUT2D eigenvalue weighted by Gasteiger charge is -2.34. The highest BCUT2D eigenvalue weighted by atomic mass is 32.1. The Labute approximate surface area is 204 Å². The molecule has 2 aromatic carbocycles. The molecule has 178 valence electrons. The first-order valence-electron chi connectivity index (χ1n) is 11.7. The SMILES string of the molecule is O=C(Cc1csc(NC(=O)c2ccccc2)n1)NCCCN1CCN(Cc2ccccc2)CC1. The second-order valence-electron chi connectivity index (χ2n) is 8.45. The van der Waals surface area contributed by atoms with Crippen molar-refractivity contribution in [2.45, 2.75) is 19.4 Å². The largest absolute Gasteiger partial charge is 0.356 e. The lowest BCUT2D eigenvalue weighted by Crippen LogP contribution is -2.46. The van der Waals surface area contributed by atoms with Crippen LogP contribution in [-0.2, 0) is 17.8 Å². The molecule has 0 saturated carbocycles. The maximum absolute atomic E-state index is 12.3. The minimum Gasteiger partial charge on any atom is -0.356 e. The fraction of sp³-hybridized carbons (Fsp3) is 0.346. The predicted molar refractivity (Wildman–Crippen MR) is 136 cm³/mol. The fourth-order valence-electron chi connectivity index (χ4n) is 3.97. The zero-order valence-electron chi connectivity index (χ0n) is 19.3. The molecule has 0 aliphatic carbocycles. The summed E-state index contributed by atoms with van der Waals surface area (Å²) in [5.74, 6) is -0.245. The van der Waals surface area contributed by atoms with E-state index < -0.39 is 0 Å². The van der Waals surface area contributed by atoms with Crippen LogP contribution in [0.3, 0.4) is 0 Å². The number of anilines is 1. The topological polar surface area (TPSA) is 77.6 Å². The number of aromatic nitrogens is 1. The molecule has 0 atom stereocenters. The molecule has 7 nitrogen and oxygen atoms in total. The van der Waals surface area contributed by atoms with Gasteiger partial charge in [0.25, 0.3) is 5.91 Å². The van der Waals surface area contributed by atoms with E-state index in [0.717, 1.165) is 45.7 Å². The molecule has 1 fully saturated rings. The maximum atomic E-state index is 12.3. The summed E-state index contributed by atoms with van der Waals surface area (Å²) in [7, 11) is 0. The van der Waals surface area contributed by atoms with Gasteiger partial charge >= 0.3 is 0 Å². The molecule has 1 aromatic heterocycles. The van der Waals surface area contributed by atoms with Crippen LogP contribution in [0.25, 0.3) is 0 Å². The molecule has 2 N–H and O–H groups in total. The van der Waals surface area contributed by atoms with Gasteiger partial charge < -0.3 is 10.2 Å². The zero-order valence-corrected chi connectivity index (χ0v) is 20.1. The molecule has 1 saturated heterocycles. The van der Waals surface area contributed by atoms with Crippen molar-refractivity contribution >= 4 is 28.3 Å². The molecule has 34 heavy (non-hydrogen) atoms. The molecular weight excluding hydrogens is 446 g/mol. The standard InChI is InChI=1S/C26H31N5O2S/c32-24(18-23-20-34-26(28-23)29-25(33)22-10-5-2-6-11-22)27-12-7-13-30-14-16-31(17-15-30)19-21-8-3-1-4-9-21/h1-6,8-11,20H,7,12-19H2,(H,27,32)(H,28,29,33). The number of nitrogens with zero attached hydrogens (tertiary/aromatic N) is 3. The molecule has 4 rings (SSSR count). The zero-order chi connectivity index (χ0) is 23.6. The molecule has 1 aliphatic rings. The fourth-order valence-corrected chi connectivity index (χ4v) is 4.68. The molecule has 0 unspecified atom stereocenters. The van der Waals surface area contributed by atoms with Gasteiger partial charge in [-0.25, -0.2) is 4.98 Å². The van der Waals surface area contributed by atoms with Gasteiger partial charge in [-0.1, -0.05) is 48.5 Å². The Morgan fingerprint density at radius 2 is 1.59 bits per heavy atom. The number of hydrogen-bond acceptors (Lipinski definition) is 6. The van der Waals surface area contributed by atoms with Gasteiger partial charge in [-0.2, -0.15) is 0 Å². The van der Waals surface area contributed by atoms with Crippen LogP contribution in [0, 0.1) is 0 Å². The molecule has 8 heteroatoms. The van der Waals surface area contributed by atoms with Gasteiger partial charge in [0, 0.05) is 50.2 Å². The first kappa shape index (κ1) is 24.1. The molecule has 2 heterocycles. The van der Waals surface area contributed by atoms with Crippen molar-refractivity contribution in [3.8, 4) is 0 Å². The third kappa shape index (κ3) is 7.48. The average Bonchev–Trinajstić information content (AvgIpc) is 3.30. The quantitative estimate of drug-likeness (QED) is 0.439. The van der Waals surface area contributed by atoms with Gasteiger partial charge in [0.05, 0.1) is 12.1 Å². The third-order valence-corrected chi connectivity index (χ3v) is 6.64. The Balaban J connectivity index is 1.09. The van der Waals surface area contributed by atoms with Gasteiger partial charge in [0.15, 0.2) is 5.13 Å². The molecule has 0 spiro atoms. The van der Waals surface area contributed by atoms with E-state index >= 15 is 0 Å². The normalized spacial score (nSPS) is 14.6. The Morgan fingerprint density at radius 3 is 2.32 bits per heavy atom. The summed E-state index contributed by atoms with van der Waals surface area (Å²) in [6, 6.07) is 19.6. The molecule has 3 aromatic rings. The molecular formula is C26H31N5O2S. The van der Waals surface area contributed by atoms with E-state index in [1.54, 1.807) is 12.1 Å². The summed E-state index contributed by atoms with van der Waals surface area (Å²) in [6.07, 6.45) is 1.15. The second-order valence-corrected chi connectivity index (χ2v) is 9.31. The van der Waals surface area contributed by atoms with Gasteiger partial charge in [-0.15, -0.1) is 11.3 Å². The minimum atomic E-state index is -0.202. The molecule has 2 amide bonds. The summed E-state index contributed by atoms with van der Waals surface area (Å²) >= 11 is 1.33. The summed E-state index contributed by atoms with van der Waals surface area (Å²) in [6.45, 7) is 6.95.